The number of aromatic nitrogens is 1. The molecule has 1 aliphatic heterocycles. The molecule has 0 spiro atoms. The highest BCUT2D eigenvalue weighted by molar-refractivity contribution is 7.90. The maximum Gasteiger partial charge on any atom is 0.491 e. The quantitative estimate of drug-likeness (QED) is 0.771. The zero-order valence-corrected chi connectivity index (χ0v) is 12.2. The van der Waals surface area contributed by atoms with E-state index in [1.807, 2.05) is 0 Å². The van der Waals surface area contributed by atoms with Gasteiger partial charge in [0.1, 0.15) is 5.82 Å². The number of anilines is 1. The summed E-state index contributed by atoms with van der Waals surface area (Å²) < 4.78 is 43.6. The van der Waals surface area contributed by atoms with Crippen molar-refractivity contribution in [3.63, 3.8) is 0 Å². The third-order valence-electron chi connectivity index (χ3n) is 3.39. The molecule has 0 atom stereocenters. The Bertz CT molecular complexity index is 844. The van der Waals surface area contributed by atoms with Crippen molar-refractivity contribution in [1.82, 2.24) is 4.98 Å². The van der Waals surface area contributed by atoms with Gasteiger partial charge in [-0.25, -0.2) is 17.8 Å². The van der Waals surface area contributed by atoms with E-state index in [9.17, 15) is 17.8 Å². The Hall–Kier alpha value is -1.97. The lowest BCUT2D eigenvalue weighted by molar-refractivity contribution is 0.275. The van der Waals surface area contributed by atoms with Crippen molar-refractivity contribution in [2.75, 3.05) is 5.73 Å². The van der Waals surface area contributed by atoms with E-state index in [0.717, 1.165) is 0 Å². The lowest BCUT2D eigenvalue weighted by Gasteiger charge is -2.08. The first-order valence-corrected chi connectivity index (χ1v) is 8.07. The Balaban J connectivity index is 1.98. The number of nitrogens with two attached hydrogens (primary N) is 1. The Morgan fingerprint density at radius 2 is 2.18 bits per heavy atom. The van der Waals surface area contributed by atoms with Crippen molar-refractivity contribution < 1.29 is 22.5 Å². The number of halogens is 1. The number of pyridine rings is 1. The first kappa shape index (κ1) is 15.0. The largest absolute Gasteiger partial charge is 0.491 e. The van der Waals surface area contributed by atoms with Gasteiger partial charge < -0.3 is 15.4 Å². The number of sulfone groups is 1. The average Bonchev–Trinajstić information content (AvgIpc) is 2.80. The third-order valence-corrected chi connectivity index (χ3v) is 4.95. The number of nitrogen functional groups attached to an aromatic ring is 1. The molecule has 6 nitrogen and oxygen atoms in total. The summed E-state index contributed by atoms with van der Waals surface area (Å²) in [6.45, 7) is 0.0945. The number of benzene rings is 1. The van der Waals surface area contributed by atoms with Gasteiger partial charge in [0.05, 0.1) is 12.4 Å². The summed E-state index contributed by atoms with van der Waals surface area (Å²) in [6.07, 6.45) is 1.28. The first-order valence-electron chi connectivity index (χ1n) is 6.42. The maximum atomic E-state index is 14.1. The second kappa shape index (κ2) is 5.34. The van der Waals surface area contributed by atoms with E-state index in [1.54, 1.807) is 0 Å². The van der Waals surface area contributed by atoms with Gasteiger partial charge in [0.15, 0.2) is 14.9 Å². The van der Waals surface area contributed by atoms with Crippen LogP contribution < -0.4 is 11.2 Å². The fraction of sp³-hybridized carbons (Fsp3) is 0.154. The van der Waals surface area contributed by atoms with Gasteiger partial charge in [0.25, 0.3) is 0 Å². The van der Waals surface area contributed by atoms with Crippen LogP contribution in [-0.4, -0.2) is 25.5 Å². The van der Waals surface area contributed by atoms with Gasteiger partial charge in [-0.05, 0) is 29.2 Å². The summed E-state index contributed by atoms with van der Waals surface area (Å²) in [7, 11) is -5.01. The van der Waals surface area contributed by atoms with Crippen molar-refractivity contribution in [2.45, 2.75) is 17.4 Å². The molecule has 1 aromatic heterocycles. The van der Waals surface area contributed by atoms with Gasteiger partial charge in [0.2, 0.25) is 0 Å². The van der Waals surface area contributed by atoms with Gasteiger partial charge in [-0.3, -0.25) is 0 Å². The molecule has 1 aliphatic rings. The molecule has 2 heterocycles. The number of nitrogens with zero attached hydrogens (tertiary/aromatic N) is 1. The van der Waals surface area contributed by atoms with Crippen molar-refractivity contribution in [3.8, 4) is 0 Å². The summed E-state index contributed by atoms with van der Waals surface area (Å²) in [4.78, 5) is 3.76. The molecule has 0 radical (unpaired) electrons. The van der Waals surface area contributed by atoms with Crippen LogP contribution in [0, 0.1) is 5.82 Å². The molecule has 2 aromatic rings. The minimum atomic E-state index is -3.85. The van der Waals surface area contributed by atoms with Crippen molar-refractivity contribution in [2.24, 2.45) is 0 Å². The van der Waals surface area contributed by atoms with Gasteiger partial charge >= 0.3 is 7.12 Å². The van der Waals surface area contributed by atoms with Gasteiger partial charge in [-0.2, -0.15) is 0 Å². The highest BCUT2D eigenvalue weighted by Crippen LogP contribution is 2.20. The van der Waals surface area contributed by atoms with E-state index in [4.69, 9.17) is 10.4 Å². The highest BCUT2D eigenvalue weighted by atomic mass is 32.2. The smallest absolute Gasteiger partial charge is 0.423 e. The Labute approximate surface area is 126 Å². The van der Waals surface area contributed by atoms with E-state index in [-0.39, 0.29) is 22.9 Å². The minimum Gasteiger partial charge on any atom is -0.423 e. The molecule has 0 bridgehead atoms. The molecular formula is C13H12BFN2O4S. The molecule has 22 heavy (non-hydrogen) atoms. The second-order valence-electron chi connectivity index (χ2n) is 4.99. The SMILES string of the molecule is Nc1ccnc(S(=O)(=O)Cc2cc3c(cc2F)COB3O)c1. The predicted molar refractivity (Wildman–Crippen MR) is 78.3 cm³/mol. The van der Waals surface area contributed by atoms with Crippen LogP contribution in [0.25, 0.3) is 0 Å². The molecule has 0 amide bonds. The standard InChI is InChI=1S/C13H12BFN2O4S/c15-12-4-8-6-21-14(18)11(8)3-9(12)7-22(19,20)13-5-10(16)1-2-17-13/h1-5,18H,6-7H2,(H2,16,17). The van der Waals surface area contributed by atoms with Crippen LogP contribution in [0.1, 0.15) is 11.1 Å². The lowest BCUT2D eigenvalue weighted by atomic mass is 9.79. The second-order valence-corrected chi connectivity index (χ2v) is 6.93. The average molecular weight is 322 g/mol. The fourth-order valence-corrected chi connectivity index (χ4v) is 3.59. The Morgan fingerprint density at radius 3 is 2.91 bits per heavy atom. The van der Waals surface area contributed by atoms with E-state index < -0.39 is 28.5 Å². The summed E-state index contributed by atoms with van der Waals surface area (Å²) >= 11 is 0. The van der Waals surface area contributed by atoms with Crippen LogP contribution >= 0.6 is 0 Å². The van der Waals surface area contributed by atoms with E-state index in [0.29, 0.717) is 11.0 Å². The maximum absolute atomic E-state index is 14.1. The number of hydrogen-bond acceptors (Lipinski definition) is 6. The van der Waals surface area contributed by atoms with Crippen molar-refractivity contribution in [1.29, 1.82) is 0 Å². The summed E-state index contributed by atoms with van der Waals surface area (Å²) in [5, 5.41) is 9.41. The molecule has 9 heteroatoms. The predicted octanol–water partition coefficient (Wildman–Crippen LogP) is -0.00550. The van der Waals surface area contributed by atoms with Crippen LogP contribution in [0.4, 0.5) is 10.1 Å². The topological polar surface area (TPSA) is 103 Å². The molecule has 1 aromatic carbocycles. The van der Waals surface area contributed by atoms with Crippen molar-refractivity contribution in [3.05, 3.63) is 47.4 Å². The van der Waals surface area contributed by atoms with Crippen LogP contribution in [0.5, 0.6) is 0 Å². The van der Waals surface area contributed by atoms with Crippen LogP contribution in [0.3, 0.4) is 0 Å². The van der Waals surface area contributed by atoms with Crippen LogP contribution in [0.2, 0.25) is 0 Å². The summed E-state index contributed by atoms with van der Waals surface area (Å²) in [5.41, 5.74) is 6.64. The van der Waals surface area contributed by atoms with Crippen LogP contribution in [0.15, 0.2) is 35.5 Å². The molecule has 0 saturated carbocycles. The third kappa shape index (κ3) is 2.70. The zero-order chi connectivity index (χ0) is 15.9. The van der Waals surface area contributed by atoms with Gasteiger partial charge in [0, 0.05) is 17.4 Å². The molecule has 0 saturated heterocycles. The normalized spacial score (nSPS) is 14.2. The highest BCUT2D eigenvalue weighted by Gasteiger charge is 2.30. The minimum absolute atomic E-state index is 0.0486. The van der Waals surface area contributed by atoms with Crippen LogP contribution in [-0.2, 0) is 26.9 Å². The number of fused-ring (bicyclic) bond motifs is 1. The summed E-state index contributed by atoms with van der Waals surface area (Å²) in [5.74, 6) is -1.24. The molecule has 114 valence electrons. The molecule has 0 fully saturated rings. The van der Waals surface area contributed by atoms with Gasteiger partial charge in [-0.15, -0.1) is 0 Å². The van der Waals surface area contributed by atoms with E-state index in [1.165, 1.54) is 30.5 Å². The zero-order valence-electron chi connectivity index (χ0n) is 11.4. The lowest BCUT2D eigenvalue weighted by Crippen LogP contribution is -2.29. The summed E-state index contributed by atoms with van der Waals surface area (Å²) in [6, 6.07) is 5.18. The number of rotatable bonds is 3. The molecule has 3 N–H and O–H groups in total. The van der Waals surface area contributed by atoms with Gasteiger partial charge in [-0.1, -0.05) is 6.07 Å². The fourth-order valence-electron chi connectivity index (χ4n) is 2.28. The van der Waals surface area contributed by atoms with E-state index >= 15 is 0 Å². The number of hydrogen-bond donors (Lipinski definition) is 2. The molecule has 0 aliphatic carbocycles. The Morgan fingerprint density at radius 1 is 1.41 bits per heavy atom. The monoisotopic (exact) mass is 322 g/mol. The van der Waals surface area contributed by atoms with E-state index in [2.05, 4.69) is 4.98 Å². The Kier molecular flexibility index (Phi) is 3.63. The van der Waals surface area contributed by atoms with Crippen molar-refractivity contribution >= 4 is 28.1 Å². The molecular weight excluding hydrogens is 310 g/mol. The first-order chi connectivity index (χ1) is 10.4. The molecule has 3 rings (SSSR count). The molecule has 0 unspecified atom stereocenters.